The van der Waals surface area contributed by atoms with Crippen molar-refractivity contribution < 1.29 is 19.7 Å². The van der Waals surface area contributed by atoms with E-state index in [2.05, 4.69) is 0 Å². The van der Waals surface area contributed by atoms with E-state index in [4.69, 9.17) is 4.74 Å². The lowest BCUT2D eigenvalue weighted by Gasteiger charge is -2.11. The number of hydrogen-bond acceptors (Lipinski definition) is 4. The van der Waals surface area contributed by atoms with Gasteiger partial charge < -0.3 is 14.9 Å². The lowest BCUT2D eigenvalue weighted by molar-refractivity contribution is 0.0893. The van der Waals surface area contributed by atoms with Gasteiger partial charge in [-0.1, -0.05) is 5.57 Å². The predicted octanol–water partition coefficient (Wildman–Crippen LogP) is 2.40. The van der Waals surface area contributed by atoms with Crippen molar-refractivity contribution in [3.05, 3.63) is 28.8 Å². The molecule has 1 aromatic carbocycles. The molecule has 0 amide bonds. The van der Waals surface area contributed by atoms with Crippen molar-refractivity contribution in [2.45, 2.75) is 26.9 Å². The summed E-state index contributed by atoms with van der Waals surface area (Å²) in [4.78, 5) is 12.1. The minimum Gasteiger partial charge on any atom is -0.508 e. The summed E-state index contributed by atoms with van der Waals surface area (Å²) in [6.07, 6.45) is -0.692. The van der Waals surface area contributed by atoms with Crippen molar-refractivity contribution >= 4 is 5.78 Å². The lowest BCUT2D eigenvalue weighted by atomic mass is 10.00. The van der Waals surface area contributed by atoms with Gasteiger partial charge in [0, 0.05) is 12.1 Å². The van der Waals surface area contributed by atoms with E-state index in [1.807, 2.05) is 20.8 Å². The highest BCUT2D eigenvalue weighted by molar-refractivity contribution is 6.08. The first-order chi connectivity index (χ1) is 7.91. The molecular formula is C13H14O4. The molecule has 17 heavy (non-hydrogen) atoms. The Morgan fingerprint density at radius 2 is 1.88 bits per heavy atom. The Bertz CT molecular complexity index is 524. The van der Waals surface area contributed by atoms with Gasteiger partial charge in [0.15, 0.2) is 6.10 Å². The lowest BCUT2D eigenvalue weighted by Crippen LogP contribution is -2.22. The molecule has 0 radical (unpaired) electrons. The molecule has 1 atom stereocenters. The molecule has 90 valence electrons. The average Bonchev–Trinajstić information content (AvgIpc) is 2.54. The summed E-state index contributed by atoms with van der Waals surface area (Å²) >= 11 is 0. The number of ether oxygens (including phenoxy) is 1. The molecule has 1 aliphatic rings. The summed E-state index contributed by atoms with van der Waals surface area (Å²) in [6, 6.07) is 2.48. The van der Waals surface area contributed by atoms with Gasteiger partial charge in [0.1, 0.15) is 22.8 Å². The number of aromatic hydroxyl groups is 2. The number of ketones is 1. The van der Waals surface area contributed by atoms with Crippen molar-refractivity contribution in [2.75, 3.05) is 0 Å². The number of phenols is 2. The normalized spacial score (nSPS) is 17.6. The van der Waals surface area contributed by atoms with Crippen LogP contribution in [0.5, 0.6) is 17.2 Å². The number of hydrogen-bond donors (Lipinski definition) is 2. The number of carbonyl (C=O) groups excluding carboxylic acids is 1. The summed E-state index contributed by atoms with van der Waals surface area (Å²) in [6.45, 7) is 5.61. The average molecular weight is 234 g/mol. The van der Waals surface area contributed by atoms with E-state index in [1.54, 1.807) is 0 Å². The van der Waals surface area contributed by atoms with Crippen molar-refractivity contribution in [1.82, 2.24) is 0 Å². The maximum Gasteiger partial charge on any atom is 0.215 e. The molecule has 1 unspecified atom stereocenters. The van der Waals surface area contributed by atoms with E-state index in [1.165, 1.54) is 6.07 Å². The highest BCUT2D eigenvalue weighted by atomic mass is 16.5. The summed E-state index contributed by atoms with van der Waals surface area (Å²) < 4.78 is 5.48. The number of rotatable bonds is 1. The molecule has 0 fully saturated rings. The Balaban J connectivity index is 2.50. The van der Waals surface area contributed by atoms with Crippen LogP contribution in [0.3, 0.4) is 0 Å². The van der Waals surface area contributed by atoms with E-state index in [-0.39, 0.29) is 28.6 Å². The summed E-state index contributed by atoms with van der Waals surface area (Å²) in [7, 11) is 0. The Morgan fingerprint density at radius 3 is 2.47 bits per heavy atom. The highest BCUT2D eigenvalue weighted by Crippen LogP contribution is 2.40. The molecule has 0 spiro atoms. The molecule has 0 saturated heterocycles. The van der Waals surface area contributed by atoms with Crippen LogP contribution in [0.4, 0.5) is 0 Å². The Kier molecular flexibility index (Phi) is 2.58. The molecule has 4 nitrogen and oxygen atoms in total. The second kappa shape index (κ2) is 3.80. The number of carbonyl (C=O) groups is 1. The van der Waals surface area contributed by atoms with Crippen LogP contribution in [-0.2, 0) is 0 Å². The van der Waals surface area contributed by atoms with Crippen molar-refractivity contribution in [2.24, 2.45) is 0 Å². The largest absolute Gasteiger partial charge is 0.508 e. The van der Waals surface area contributed by atoms with Crippen LogP contribution in [0.1, 0.15) is 31.1 Å². The third kappa shape index (κ3) is 1.75. The van der Waals surface area contributed by atoms with Crippen LogP contribution < -0.4 is 4.74 Å². The smallest absolute Gasteiger partial charge is 0.215 e. The van der Waals surface area contributed by atoms with Crippen LogP contribution in [0.2, 0.25) is 0 Å². The number of fused-ring (bicyclic) bond motifs is 1. The topological polar surface area (TPSA) is 66.8 Å². The monoisotopic (exact) mass is 234 g/mol. The summed E-state index contributed by atoms with van der Waals surface area (Å²) in [5.74, 6) is -0.395. The van der Waals surface area contributed by atoms with Crippen LogP contribution >= 0.6 is 0 Å². The molecule has 1 aliphatic heterocycles. The molecule has 2 rings (SSSR count). The summed E-state index contributed by atoms with van der Waals surface area (Å²) in [5, 5.41) is 19.0. The van der Waals surface area contributed by atoms with E-state index < -0.39 is 6.10 Å². The predicted molar refractivity (Wildman–Crippen MR) is 62.6 cm³/mol. The zero-order valence-electron chi connectivity index (χ0n) is 9.94. The zero-order valence-corrected chi connectivity index (χ0v) is 9.94. The van der Waals surface area contributed by atoms with E-state index in [0.29, 0.717) is 0 Å². The molecule has 1 aromatic rings. The molecule has 0 bridgehead atoms. The Labute approximate surface area is 99.2 Å². The van der Waals surface area contributed by atoms with Crippen molar-refractivity contribution in [1.29, 1.82) is 0 Å². The van der Waals surface area contributed by atoms with Crippen LogP contribution in [0.25, 0.3) is 0 Å². The third-order valence-electron chi connectivity index (χ3n) is 2.98. The van der Waals surface area contributed by atoms with Gasteiger partial charge >= 0.3 is 0 Å². The summed E-state index contributed by atoms with van der Waals surface area (Å²) in [5.41, 5.74) is 1.97. The number of allylic oxidation sites excluding steroid dienone is 1. The van der Waals surface area contributed by atoms with Gasteiger partial charge in [-0.25, -0.2) is 0 Å². The standard InChI is InChI=1S/C13H14O4/c1-6(2)7(3)13-12(16)11-9(15)4-8(14)5-10(11)17-13/h4-5,13-15H,1-3H3. The van der Waals surface area contributed by atoms with Gasteiger partial charge in [0.25, 0.3) is 0 Å². The first-order valence-corrected chi connectivity index (χ1v) is 5.32. The zero-order chi connectivity index (χ0) is 12.7. The minimum absolute atomic E-state index is 0.121. The number of phenolic OH excluding ortho intramolecular Hbond substituents is 2. The van der Waals surface area contributed by atoms with Crippen molar-refractivity contribution in [3.8, 4) is 17.2 Å². The maximum atomic E-state index is 12.1. The fraction of sp³-hybridized carbons (Fsp3) is 0.308. The molecular weight excluding hydrogens is 220 g/mol. The van der Waals surface area contributed by atoms with E-state index >= 15 is 0 Å². The highest BCUT2D eigenvalue weighted by Gasteiger charge is 2.36. The molecule has 0 saturated carbocycles. The number of Topliss-reactive ketones (excluding diaryl/α,β-unsaturated/α-hetero) is 1. The van der Waals surface area contributed by atoms with Gasteiger partial charge in [-0.05, 0) is 26.3 Å². The second-order valence-corrected chi connectivity index (χ2v) is 4.38. The molecule has 0 aliphatic carbocycles. The van der Waals surface area contributed by atoms with Crippen molar-refractivity contribution in [3.63, 3.8) is 0 Å². The fourth-order valence-corrected chi connectivity index (χ4v) is 1.79. The molecule has 2 N–H and O–H groups in total. The first-order valence-electron chi connectivity index (χ1n) is 5.32. The first kappa shape index (κ1) is 11.5. The number of benzene rings is 1. The molecule has 4 heteroatoms. The molecule has 0 aromatic heterocycles. The van der Waals surface area contributed by atoms with Gasteiger partial charge in [-0.3, -0.25) is 4.79 Å². The van der Waals surface area contributed by atoms with Gasteiger partial charge in [-0.15, -0.1) is 0 Å². The van der Waals surface area contributed by atoms with Gasteiger partial charge in [0.2, 0.25) is 5.78 Å². The van der Waals surface area contributed by atoms with E-state index in [9.17, 15) is 15.0 Å². The van der Waals surface area contributed by atoms with Crippen LogP contribution in [0.15, 0.2) is 23.3 Å². The van der Waals surface area contributed by atoms with Gasteiger partial charge in [-0.2, -0.15) is 0 Å². The van der Waals surface area contributed by atoms with Crippen LogP contribution in [-0.4, -0.2) is 22.1 Å². The third-order valence-corrected chi connectivity index (χ3v) is 2.98. The maximum absolute atomic E-state index is 12.1. The van der Waals surface area contributed by atoms with Crippen LogP contribution in [0, 0.1) is 0 Å². The minimum atomic E-state index is -0.692. The van der Waals surface area contributed by atoms with E-state index in [0.717, 1.165) is 17.2 Å². The fourth-order valence-electron chi connectivity index (χ4n) is 1.79. The van der Waals surface area contributed by atoms with Gasteiger partial charge in [0.05, 0.1) is 0 Å². The SMILES string of the molecule is CC(C)=C(C)C1Oc2cc(O)cc(O)c2C1=O. The quantitative estimate of drug-likeness (QED) is 0.732. The Hall–Kier alpha value is -1.97. The second-order valence-electron chi connectivity index (χ2n) is 4.38. The Morgan fingerprint density at radius 1 is 1.24 bits per heavy atom. The molecule has 1 heterocycles.